The van der Waals surface area contributed by atoms with Crippen LogP contribution in [0, 0.1) is 28.1 Å². The highest BCUT2D eigenvalue weighted by molar-refractivity contribution is 5.12. The predicted octanol–water partition coefficient (Wildman–Crippen LogP) is 2.62. The van der Waals surface area contributed by atoms with Crippen LogP contribution < -0.4 is 0 Å². The Kier molecular flexibility index (Phi) is 4.30. The smallest absolute Gasteiger partial charge is 0.143 e. The number of hydrogen-bond donors (Lipinski definition) is 0. The van der Waals surface area contributed by atoms with Crippen LogP contribution in [-0.2, 0) is 0 Å². The van der Waals surface area contributed by atoms with Gasteiger partial charge in [-0.05, 0) is 12.8 Å². The third-order valence-corrected chi connectivity index (χ3v) is 1.99. The molecule has 0 bridgehead atoms. The van der Waals surface area contributed by atoms with Crippen LogP contribution in [-0.4, -0.2) is 0 Å². The van der Waals surface area contributed by atoms with Crippen LogP contribution in [0.25, 0.3) is 0 Å². The minimum atomic E-state index is -0.712. The number of rotatable bonds is 4. The Morgan fingerprint density at radius 1 is 1.18 bits per heavy atom. The number of nitriles is 2. The number of nitrogens with zero attached hydrogens (tertiary/aromatic N) is 2. The van der Waals surface area contributed by atoms with Gasteiger partial charge in [0, 0.05) is 0 Å². The van der Waals surface area contributed by atoms with Crippen molar-refractivity contribution in [1.82, 2.24) is 0 Å². The van der Waals surface area contributed by atoms with E-state index in [0.717, 1.165) is 12.8 Å². The van der Waals surface area contributed by atoms with Crippen molar-refractivity contribution in [3.63, 3.8) is 0 Å². The molecule has 0 saturated heterocycles. The molecular formula is C9H14N2. The number of unbranched alkanes of at least 4 members (excludes halogenated alkanes) is 1. The van der Waals surface area contributed by atoms with E-state index < -0.39 is 5.41 Å². The summed E-state index contributed by atoms with van der Waals surface area (Å²) in [5.74, 6) is 0. The SMILES string of the molecule is CCCCC(C#N)(C#N)CC. The maximum atomic E-state index is 8.73. The lowest BCUT2D eigenvalue weighted by Crippen LogP contribution is -2.14. The summed E-state index contributed by atoms with van der Waals surface area (Å²) in [6.45, 7) is 3.96. The molecule has 0 rings (SSSR count). The van der Waals surface area contributed by atoms with Crippen LogP contribution in [0.2, 0.25) is 0 Å². The van der Waals surface area contributed by atoms with Gasteiger partial charge in [0.1, 0.15) is 5.41 Å². The van der Waals surface area contributed by atoms with E-state index in [4.69, 9.17) is 10.5 Å². The first-order valence-electron chi connectivity index (χ1n) is 4.07. The van der Waals surface area contributed by atoms with Crippen LogP contribution in [0.5, 0.6) is 0 Å². The van der Waals surface area contributed by atoms with Crippen LogP contribution in [0.1, 0.15) is 39.5 Å². The summed E-state index contributed by atoms with van der Waals surface area (Å²) in [5.41, 5.74) is -0.712. The molecule has 2 nitrogen and oxygen atoms in total. The quantitative estimate of drug-likeness (QED) is 0.618. The Morgan fingerprint density at radius 2 is 1.73 bits per heavy atom. The summed E-state index contributed by atoms with van der Waals surface area (Å²) in [5, 5.41) is 17.5. The molecule has 0 N–H and O–H groups in total. The van der Waals surface area contributed by atoms with Crippen molar-refractivity contribution in [2.45, 2.75) is 39.5 Å². The monoisotopic (exact) mass is 150 g/mol. The first-order chi connectivity index (χ1) is 5.24. The van der Waals surface area contributed by atoms with Crippen molar-refractivity contribution in [2.75, 3.05) is 0 Å². The molecule has 0 aromatic rings. The molecule has 0 aliphatic heterocycles. The van der Waals surface area contributed by atoms with Crippen LogP contribution >= 0.6 is 0 Å². The first-order valence-corrected chi connectivity index (χ1v) is 4.07. The average molecular weight is 150 g/mol. The van der Waals surface area contributed by atoms with E-state index in [1.54, 1.807) is 0 Å². The summed E-state index contributed by atoms with van der Waals surface area (Å²) in [7, 11) is 0. The molecule has 0 radical (unpaired) electrons. The Morgan fingerprint density at radius 3 is 2.00 bits per heavy atom. The van der Waals surface area contributed by atoms with Gasteiger partial charge >= 0.3 is 0 Å². The molecule has 60 valence electrons. The maximum absolute atomic E-state index is 8.73. The van der Waals surface area contributed by atoms with Crippen LogP contribution in [0.3, 0.4) is 0 Å². The fourth-order valence-electron chi connectivity index (χ4n) is 0.950. The molecule has 0 atom stereocenters. The summed E-state index contributed by atoms with van der Waals surface area (Å²) in [6.07, 6.45) is 3.37. The highest BCUT2D eigenvalue weighted by Gasteiger charge is 2.26. The van der Waals surface area contributed by atoms with Crippen molar-refractivity contribution in [3.05, 3.63) is 0 Å². The van der Waals surface area contributed by atoms with Gasteiger partial charge in [-0.15, -0.1) is 0 Å². The van der Waals surface area contributed by atoms with Gasteiger partial charge in [0.2, 0.25) is 0 Å². The molecule has 0 aromatic carbocycles. The Bertz CT molecular complexity index is 169. The van der Waals surface area contributed by atoms with Gasteiger partial charge in [-0.1, -0.05) is 26.7 Å². The van der Waals surface area contributed by atoms with E-state index >= 15 is 0 Å². The van der Waals surface area contributed by atoms with Crippen molar-refractivity contribution >= 4 is 0 Å². The molecular weight excluding hydrogens is 136 g/mol. The largest absolute Gasteiger partial charge is 0.197 e. The summed E-state index contributed by atoms with van der Waals surface area (Å²) < 4.78 is 0. The topological polar surface area (TPSA) is 47.6 Å². The van der Waals surface area contributed by atoms with Gasteiger partial charge in [-0.2, -0.15) is 10.5 Å². The zero-order chi connectivity index (χ0) is 8.74. The molecule has 0 heterocycles. The lowest BCUT2D eigenvalue weighted by molar-refractivity contribution is 0.441. The highest BCUT2D eigenvalue weighted by atomic mass is 14.4. The fraction of sp³-hybridized carbons (Fsp3) is 0.778. The zero-order valence-electron chi connectivity index (χ0n) is 7.22. The first kappa shape index (κ1) is 9.98. The lowest BCUT2D eigenvalue weighted by atomic mass is 9.83. The Labute approximate surface area is 68.4 Å². The second kappa shape index (κ2) is 4.74. The lowest BCUT2D eigenvalue weighted by Gasteiger charge is -2.14. The Balaban J connectivity index is 4.12. The van der Waals surface area contributed by atoms with Crippen LogP contribution in [0.15, 0.2) is 0 Å². The van der Waals surface area contributed by atoms with Crippen molar-refractivity contribution in [1.29, 1.82) is 10.5 Å². The van der Waals surface area contributed by atoms with Gasteiger partial charge in [-0.25, -0.2) is 0 Å². The second-order valence-electron chi connectivity index (χ2n) is 2.76. The zero-order valence-corrected chi connectivity index (χ0v) is 7.22. The van der Waals surface area contributed by atoms with Gasteiger partial charge in [0.15, 0.2) is 0 Å². The molecule has 0 aliphatic carbocycles. The van der Waals surface area contributed by atoms with E-state index in [2.05, 4.69) is 19.1 Å². The summed E-state index contributed by atoms with van der Waals surface area (Å²) in [6, 6.07) is 4.18. The summed E-state index contributed by atoms with van der Waals surface area (Å²) in [4.78, 5) is 0. The minimum Gasteiger partial charge on any atom is -0.197 e. The minimum absolute atomic E-state index is 0.639. The van der Waals surface area contributed by atoms with E-state index in [0.29, 0.717) is 12.8 Å². The van der Waals surface area contributed by atoms with Crippen molar-refractivity contribution in [2.24, 2.45) is 5.41 Å². The highest BCUT2D eigenvalue weighted by Crippen LogP contribution is 2.26. The molecule has 0 aliphatic rings. The summed E-state index contributed by atoms with van der Waals surface area (Å²) >= 11 is 0. The third kappa shape index (κ3) is 2.60. The van der Waals surface area contributed by atoms with E-state index in [9.17, 15) is 0 Å². The molecule has 2 heteroatoms. The van der Waals surface area contributed by atoms with Crippen LogP contribution in [0.4, 0.5) is 0 Å². The average Bonchev–Trinajstić information content (AvgIpc) is 2.08. The predicted molar refractivity (Wildman–Crippen MR) is 43.5 cm³/mol. The van der Waals surface area contributed by atoms with Crippen molar-refractivity contribution < 1.29 is 0 Å². The molecule has 0 saturated carbocycles. The molecule has 11 heavy (non-hydrogen) atoms. The van der Waals surface area contributed by atoms with E-state index in [1.807, 2.05) is 6.92 Å². The molecule has 0 amide bonds. The molecule has 0 unspecified atom stereocenters. The molecule has 0 spiro atoms. The van der Waals surface area contributed by atoms with Crippen molar-refractivity contribution in [3.8, 4) is 12.1 Å². The molecule has 0 fully saturated rings. The number of hydrogen-bond acceptors (Lipinski definition) is 2. The normalized spacial score (nSPS) is 10.2. The third-order valence-electron chi connectivity index (χ3n) is 1.99. The van der Waals surface area contributed by atoms with E-state index in [1.165, 1.54) is 0 Å². The maximum Gasteiger partial charge on any atom is 0.143 e. The van der Waals surface area contributed by atoms with Gasteiger partial charge in [0.05, 0.1) is 12.1 Å². The van der Waals surface area contributed by atoms with Gasteiger partial charge in [0.25, 0.3) is 0 Å². The Hall–Kier alpha value is -1.02. The molecule has 0 aromatic heterocycles. The van der Waals surface area contributed by atoms with E-state index in [-0.39, 0.29) is 0 Å². The fourth-order valence-corrected chi connectivity index (χ4v) is 0.950. The standard InChI is InChI=1S/C9H14N2/c1-3-5-6-9(4-2,7-10)8-11/h3-6H2,1-2H3. The van der Waals surface area contributed by atoms with Gasteiger partial charge in [-0.3, -0.25) is 0 Å². The second-order valence-corrected chi connectivity index (χ2v) is 2.76. The van der Waals surface area contributed by atoms with Gasteiger partial charge < -0.3 is 0 Å².